The quantitative estimate of drug-likeness (QED) is 0.805. The van der Waals surface area contributed by atoms with Gasteiger partial charge in [-0.15, -0.1) is 0 Å². The van der Waals surface area contributed by atoms with Gasteiger partial charge in [0.25, 0.3) is 0 Å². The smallest absolute Gasteiger partial charge is 0.157 e. The monoisotopic (exact) mass is 304 g/mol. The normalized spacial score (nSPS) is 34.9. The maximum absolute atomic E-state index is 11.6. The summed E-state index contributed by atoms with van der Waals surface area (Å²) in [5, 5.41) is 4.31. The number of nitrogens with one attached hydrogen (secondary N) is 1. The summed E-state index contributed by atoms with van der Waals surface area (Å²) in [6.07, 6.45) is 1.77. The third-order valence-electron chi connectivity index (χ3n) is 3.81. The van der Waals surface area contributed by atoms with E-state index < -0.39 is 9.84 Å². The molecule has 0 aromatic heterocycles. The Morgan fingerprint density at radius 1 is 1.42 bits per heavy atom. The fraction of sp³-hybridized carbons (Fsp3) is 0.923. The van der Waals surface area contributed by atoms with Crippen LogP contribution in [0.25, 0.3) is 0 Å². The summed E-state index contributed by atoms with van der Waals surface area (Å²) in [5.74, 6) is 1.56. The first kappa shape index (κ1) is 15.2. The van der Waals surface area contributed by atoms with E-state index in [9.17, 15) is 8.42 Å². The molecule has 19 heavy (non-hydrogen) atoms. The molecule has 4 nitrogen and oxygen atoms in total. The van der Waals surface area contributed by atoms with E-state index in [0.717, 1.165) is 17.3 Å². The zero-order chi connectivity index (χ0) is 14.3. The van der Waals surface area contributed by atoms with E-state index in [2.05, 4.69) is 26.1 Å². The highest BCUT2D eigenvalue weighted by Crippen LogP contribution is 2.31. The number of thioether (sulfide) groups is 1. The lowest BCUT2D eigenvalue weighted by molar-refractivity contribution is 0.314. The standard InChI is InChI=1S/C13H24N2O2S2/c1-12(2,3)10-5-7-18-11(14-10)15-13(4)6-8-19(16,17)9-13/h10H,5-9H2,1-4H3,(H,14,15). The second-order valence-electron chi connectivity index (χ2n) is 6.98. The predicted octanol–water partition coefficient (Wildman–Crippen LogP) is 2.06. The molecule has 0 spiro atoms. The Morgan fingerprint density at radius 3 is 2.63 bits per heavy atom. The summed E-state index contributed by atoms with van der Waals surface area (Å²) in [7, 11) is -2.87. The van der Waals surface area contributed by atoms with Crippen LogP contribution in [0.5, 0.6) is 0 Å². The minimum absolute atomic E-state index is 0.163. The maximum atomic E-state index is 11.6. The van der Waals surface area contributed by atoms with Crippen LogP contribution in [0.2, 0.25) is 0 Å². The molecule has 0 aliphatic carbocycles. The molecule has 2 heterocycles. The average molecular weight is 304 g/mol. The van der Waals surface area contributed by atoms with Crippen molar-refractivity contribution in [2.45, 2.75) is 52.1 Å². The lowest BCUT2D eigenvalue weighted by Crippen LogP contribution is -2.47. The molecule has 110 valence electrons. The second-order valence-corrected chi connectivity index (χ2v) is 10.2. The van der Waals surface area contributed by atoms with E-state index in [-0.39, 0.29) is 22.5 Å². The van der Waals surface area contributed by atoms with E-state index in [0.29, 0.717) is 12.5 Å². The van der Waals surface area contributed by atoms with Gasteiger partial charge in [0, 0.05) is 5.75 Å². The fourth-order valence-electron chi connectivity index (χ4n) is 2.57. The van der Waals surface area contributed by atoms with Gasteiger partial charge in [-0.3, -0.25) is 4.99 Å². The number of hydrogen-bond acceptors (Lipinski definition) is 5. The summed E-state index contributed by atoms with van der Waals surface area (Å²) in [4.78, 5) is 4.78. The van der Waals surface area contributed by atoms with Gasteiger partial charge in [0.05, 0.1) is 23.1 Å². The van der Waals surface area contributed by atoms with Crippen molar-refractivity contribution in [1.82, 2.24) is 5.32 Å². The van der Waals surface area contributed by atoms with Crippen LogP contribution in [0.4, 0.5) is 0 Å². The van der Waals surface area contributed by atoms with Gasteiger partial charge in [0.15, 0.2) is 15.0 Å². The molecule has 0 saturated carbocycles. The third kappa shape index (κ3) is 3.88. The van der Waals surface area contributed by atoms with Gasteiger partial charge in [-0.25, -0.2) is 8.42 Å². The molecule has 1 N–H and O–H groups in total. The summed E-state index contributed by atoms with van der Waals surface area (Å²) >= 11 is 1.71. The van der Waals surface area contributed by atoms with E-state index in [4.69, 9.17) is 4.99 Å². The Kier molecular flexibility index (Phi) is 3.95. The molecular formula is C13H24N2O2S2. The molecule has 1 fully saturated rings. The van der Waals surface area contributed by atoms with Crippen LogP contribution in [0.1, 0.15) is 40.5 Å². The first-order valence-electron chi connectivity index (χ1n) is 6.79. The molecule has 0 aromatic rings. The molecule has 0 aromatic carbocycles. The van der Waals surface area contributed by atoms with Gasteiger partial charge in [-0.05, 0) is 25.2 Å². The van der Waals surface area contributed by atoms with Gasteiger partial charge in [-0.2, -0.15) is 0 Å². The Balaban J connectivity index is 2.09. The van der Waals surface area contributed by atoms with E-state index in [1.807, 2.05) is 6.92 Å². The van der Waals surface area contributed by atoms with Gasteiger partial charge >= 0.3 is 0 Å². The highest BCUT2D eigenvalue weighted by atomic mass is 32.2. The summed E-state index contributed by atoms with van der Waals surface area (Å²) < 4.78 is 23.2. The van der Waals surface area contributed by atoms with Crippen LogP contribution in [0, 0.1) is 5.41 Å². The van der Waals surface area contributed by atoms with Gasteiger partial charge in [0.2, 0.25) is 0 Å². The molecule has 0 radical (unpaired) electrons. The fourth-order valence-corrected chi connectivity index (χ4v) is 5.72. The minimum atomic E-state index is -2.87. The lowest BCUT2D eigenvalue weighted by Gasteiger charge is -2.33. The summed E-state index contributed by atoms with van der Waals surface area (Å²) in [5.41, 5.74) is -0.180. The van der Waals surface area contributed by atoms with E-state index >= 15 is 0 Å². The second kappa shape index (κ2) is 4.95. The molecule has 2 aliphatic rings. The molecule has 2 atom stereocenters. The van der Waals surface area contributed by atoms with Crippen molar-refractivity contribution in [1.29, 1.82) is 0 Å². The van der Waals surface area contributed by atoms with Gasteiger partial charge in [0.1, 0.15) is 0 Å². The van der Waals surface area contributed by atoms with Crippen molar-refractivity contribution in [2.24, 2.45) is 10.4 Å². The zero-order valence-electron chi connectivity index (χ0n) is 12.2. The van der Waals surface area contributed by atoms with Crippen molar-refractivity contribution >= 4 is 26.8 Å². The first-order chi connectivity index (χ1) is 8.60. The molecule has 1 saturated heterocycles. The van der Waals surface area contributed by atoms with Crippen molar-refractivity contribution in [3.05, 3.63) is 0 Å². The Morgan fingerprint density at radius 2 is 2.11 bits per heavy atom. The molecular weight excluding hydrogens is 280 g/mol. The summed E-state index contributed by atoms with van der Waals surface area (Å²) in [6, 6.07) is 0.317. The van der Waals surface area contributed by atoms with Crippen LogP contribution < -0.4 is 5.32 Å². The van der Waals surface area contributed by atoms with Crippen molar-refractivity contribution < 1.29 is 8.42 Å². The zero-order valence-corrected chi connectivity index (χ0v) is 13.8. The molecule has 2 aliphatic heterocycles. The van der Waals surface area contributed by atoms with Crippen LogP contribution in [-0.2, 0) is 9.84 Å². The van der Waals surface area contributed by atoms with Crippen LogP contribution in [0.15, 0.2) is 4.99 Å². The van der Waals surface area contributed by atoms with Crippen molar-refractivity contribution in [3.8, 4) is 0 Å². The van der Waals surface area contributed by atoms with Crippen molar-refractivity contribution in [3.63, 3.8) is 0 Å². The molecule has 2 rings (SSSR count). The Bertz CT molecular complexity index is 479. The predicted molar refractivity (Wildman–Crippen MR) is 82.6 cm³/mol. The van der Waals surface area contributed by atoms with E-state index in [1.54, 1.807) is 11.8 Å². The number of sulfone groups is 1. The Hall–Kier alpha value is -0.230. The highest BCUT2D eigenvalue weighted by molar-refractivity contribution is 8.13. The highest BCUT2D eigenvalue weighted by Gasteiger charge is 2.39. The average Bonchev–Trinajstić information content (AvgIpc) is 2.52. The molecule has 0 bridgehead atoms. The number of aliphatic imine (C=N–C) groups is 1. The maximum Gasteiger partial charge on any atom is 0.157 e. The summed E-state index contributed by atoms with van der Waals surface area (Å²) in [6.45, 7) is 8.60. The third-order valence-corrected chi connectivity index (χ3v) is 6.64. The molecule has 2 unspecified atom stereocenters. The van der Waals surface area contributed by atoms with Gasteiger partial charge < -0.3 is 5.32 Å². The van der Waals surface area contributed by atoms with Crippen molar-refractivity contribution in [2.75, 3.05) is 17.3 Å². The largest absolute Gasteiger partial charge is 0.359 e. The first-order valence-corrected chi connectivity index (χ1v) is 9.60. The van der Waals surface area contributed by atoms with Crippen LogP contribution in [0.3, 0.4) is 0 Å². The number of amidine groups is 1. The SMILES string of the molecule is CC1(NC2=NC(C(C)(C)C)CCS2)CCS(=O)(=O)C1. The number of nitrogens with zero attached hydrogens (tertiary/aromatic N) is 1. The van der Waals surface area contributed by atoms with Crippen LogP contribution >= 0.6 is 11.8 Å². The lowest BCUT2D eigenvalue weighted by atomic mass is 9.85. The van der Waals surface area contributed by atoms with Gasteiger partial charge in [-0.1, -0.05) is 32.5 Å². The van der Waals surface area contributed by atoms with E-state index in [1.165, 1.54) is 0 Å². The topological polar surface area (TPSA) is 58.5 Å². The number of hydrogen-bond donors (Lipinski definition) is 1. The van der Waals surface area contributed by atoms with Crippen LogP contribution in [-0.4, -0.2) is 42.4 Å². The molecule has 0 amide bonds. The molecule has 6 heteroatoms. The minimum Gasteiger partial charge on any atom is -0.359 e. The Labute approximate surface area is 120 Å². The number of rotatable bonds is 1.